The first-order valence-corrected chi connectivity index (χ1v) is 7.46. The van der Waals surface area contributed by atoms with Gasteiger partial charge in [-0.15, -0.1) is 0 Å². The van der Waals surface area contributed by atoms with Crippen LogP contribution in [-0.2, 0) is 6.54 Å². The predicted octanol–water partition coefficient (Wildman–Crippen LogP) is 2.93. The lowest BCUT2D eigenvalue weighted by Gasteiger charge is -2.26. The summed E-state index contributed by atoms with van der Waals surface area (Å²) in [6, 6.07) is 0. The molecular formula is C15H25N3O. The van der Waals surface area contributed by atoms with Crippen LogP contribution in [0.2, 0.25) is 0 Å². The van der Waals surface area contributed by atoms with Crippen molar-refractivity contribution in [3.8, 4) is 5.88 Å². The lowest BCUT2D eigenvalue weighted by atomic mass is 9.89. The molecular weight excluding hydrogens is 238 g/mol. The summed E-state index contributed by atoms with van der Waals surface area (Å²) in [6.07, 6.45) is 9.84. The summed E-state index contributed by atoms with van der Waals surface area (Å²) in [5.41, 5.74) is 0.954. The fraction of sp³-hybridized carbons (Fsp3) is 0.733. The van der Waals surface area contributed by atoms with E-state index in [-0.39, 0.29) is 0 Å². The molecule has 2 rings (SSSR count). The smallest absolute Gasteiger partial charge is 0.232 e. The molecule has 1 aliphatic carbocycles. The van der Waals surface area contributed by atoms with Crippen LogP contribution in [0.15, 0.2) is 12.4 Å². The van der Waals surface area contributed by atoms with E-state index in [1.165, 1.54) is 12.8 Å². The zero-order valence-electron chi connectivity index (χ0n) is 12.1. The van der Waals surface area contributed by atoms with Gasteiger partial charge in [-0.25, -0.2) is 4.98 Å². The minimum Gasteiger partial charge on any atom is -0.473 e. The van der Waals surface area contributed by atoms with Crippen molar-refractivity contribution < 1.29 is 4.74 Å². The van der Waals surface area contributed by atoms with Crippen molar-refractivity contribution in [2.24, 2.45) is 5.92 Å². The van der Waals surface area contributed by atoms with Crippen molar-refractivity contribution in [1.29, 1.82) is 0 Å². The average molecular weight is 263 g/mol. The van der Waals surface area contributed by atoms with E-state index in [0.717, 1.165) is 44.0 Å². The molecule has 0 saturated heterocycles. The van der Waals surface area contributed by atoms with Crippen LogP contribution in [0.3, 0.4) is 0 Å². The van der Waals surface area contributed by atoms with Gasteiger partial charge in [0, 0.05) is 12.7 Å². The minimum absolute atomic E-state index is 0.317. The highest BCUT2D eigenvalue weighted by Crippen LogP contribution is 2.26. The first-order chi connectivity index (χ1) is 9.28. The number of hydrogen-bond donors (Lipinski definition) is 1. The van der Waals surface area contributed by atoms with E-state index in [1.54, 1.807) is 12.4 Å². The molecule has 0 aliphatic heterocycles. The fourth-order valence-electron chi connectivity index (χ4n) is 2.58. The van der Waals surface area contributed by atoms with Gasteiger partial charge in [-0.1, -0.05) is 20.3 Å². The third-order valence-corrected chi connectivity index (χ3v) is 3.57. The van der Waals surface area contributed by atoms with Crippen molar-refractivity contribution >= 4 is 0 Å². The average Bonchev–Trinajstić information content (AvgIpc) is 2.39. The Bertz CT molecular complexity index is 383. The monoisotopic (exact) mass is 263 g/mol. The Labute approximate surface area is 116 Å². The number of rotatable bonds is 6. The van der Waals surface area contributed by atoms with E-state index in [0.29, 0.717) is 12.0 Å². The molecule has 2 unspecified atom stereocenters. The van der Waals surface area contributed by atoms with Crippen LogP contribution in [0, 0.1) is 5.92 Å². The molecule has 19 heavy (non-hydrogen) atoms. The quantitative estimate of drug-likeness (QED) is 0.802. The highest BCUT2D eigenvalue weighted by Gasteiger charge is 2.20. The van der Waals surface area contributed by atoms with Crippen LogP contribution in [-0.4, -0.2) is 22.6 Å². The molecule has 0 bridgehead atoms. The van der Waals surface area contributed by atoms with Gasteiger partial charge in [0.25, 0.3) is 0 Å². The number of hydrogen-bond acceptors (Lipinski definition) is 4. The van der Waals surface area contributed by atoms with E-state index in [4.69, 9.17) is 4.74 Å². The van der Waals surface area contributed by atoms with Crippen molar-refractivity contribution in [2.75, 3.05) is 6.54 Å². The van der Waals surface area contributed by atoms with Crippen LogP contribution >= 0.6 is 0 Å². The maximum atomic E-state index is 5.97. The van der Waals surface area contributed by atoms with Gasteiger partial charge in [-0.05, 0) is 38.1 Å². The topological polar surface area (TPSA) is 47.0 Å². The first-order valence-electron chi connectivity index (χ1n) is 7.46. The molecule has 1 fully saturated rings. The molecule has 1 aromatic heterocycles. The Hall–Kier alpha value is -1.16. The molecule has 0 radical (unpaired) electrons. The van der Waals surface area contributed by atoms with Crippen molar-refractivity contribution in [1.82, 2.24) is 15.3 Å². The Morgan fingerprint density at radius 2 is 2.26 bits per heavy atom. The van der Waals surface area contributed by atoms with Gasteiger partial charge >= 0.3 is 0 Å². The van der Waals surface area contributed by atoms with Gasteiger partial charge in [-0.2, -0.15) is 0 Å². The molecule has 1 aromatic rings. The van der Waals surface area contributed by atoms with E-state index < -0.39 is 0 Å². The normalized spacial score (nSPS) is 23.3. The molecule has 0 amide bonds. The van der Waals surface area contributed by atoms with Crippen LogP contribution in [0.25, 0.3) is 0 Å². The third kappa shape index (κ3) is 4.78. The molecule has 2 atom stereocenters. The first kappa shape index (κ1) is 14.3. The zero-order valence-corrected chi connectivity index (χ0v) is 12.1. The second-order valence-electron chi connectivity index (χ2n) is 5.54. The second kappa shape index (κ2) is 7.43. The second-order valence-corrected chi connectivity index (χ2v) is 5.54. The highest BCUT2D eigenvalue weighted by atomic mass is 16.5. The number of aromatic nitrogens is 2. The molecule has 4 nitrogen and oxygen atoms in total. The molecule has 1 saturated carbocycles. The third-order valence-electron chi connectivity index (χ3n) is 3.57. The molecule has 1 N–H and O–H groups in total. The molecule has 0 spiro atoms. The number of ether oxygens (including phenoxy) is 1. The van der Waals surface area contributed by atoms with Gasteiger partial charge in [0.2, 0.25) is 5.88 Å². The Kier molecular flexibility index (Phi) is 5.58. The maximum Gasteiger partial charge on any atom is 0.232 e. The summed E-state index contributed by atoms with van der Waals surface area (Å²) >= 11 is 0. The van der Waals surface area contributed by atoms with Crippen molar-refractivity contribution in [3.05, 3.63) is 18.1 Å². The van der Waals surface area contributed by atoms with Gasteiger partial charge in [0.05, 0.1) is 11.9 Å². The summed E-state index contributed by atoms with van der Waals surface area (Å²) in [6.45, 7) is 6.22. The van der Waals surface area contributed by atoms with Crippen LogP contribution < -0.4 is 10.1 Å². The van der Waals surface area contributed by atoms with Gasteiger partial charge in [0.1, 0.15) is 6.10 Å². The van der Waals surface area contributed by atoms with E-state index in [1.807, 2.05) is 0 Å². The summed E-state index contributed by atoms with van der Waals surface area (Å²) < 4.78 is 5.97. The summed E-state index contributed by atoms with van der Waals surface area (Å²) in [7, 11) is 0. The van der Waals surface area contributed by atoms with Gasteiger partial charge in [-0.3, -0.25) is 4.98 Å². The van der Waals surface area contributed by atoms with Crippen LogP contribution in [0.1, 0.15) is 51.6 Å². The number of nitrogens with zero attached hydrogens (tertiary/aromatic N) is 2. The standard InChI is InChI=1S/C15H25N3O/c1-3-7-16-9-13-10-17-11-15(18-13)19-14-6-4-5-12(2)8-14/h10-12,14,16H,3-9H2,1-2H3. The largest absolute Gasteiger partial charge is 0.473 e. The SMILES string of the molecule is CCCNCc1cncc(OC2CCCC(C)C2)n1. The predicted molar refractivity (Wildman–Crippen MR) is 76.1 cm³/mol. The Morgan fingerprint density at radius 1 is 1.37 bits per heavy atom. The van der Waals surface area contributed by atoms with Crippen LogP contribution in [0.4, 0.5) is 0 Å². The van der Waals surface area contributed by atoms with E-state index in [2.05, 4.69) is 29.1 Å². The minimum atomic E-state index is 0.317. The Morgan fingerprint density at radius 3 is 3.05 bits per heavy atom. The fourth-order valence-corrected chi connectivity index (χ4v) is 2.58. The number of nitrogens with one attached hydrogen (secondary N) is 1. The highest BCUT2D eigenvalue weighted by molar-refractivity contribution is 5.08. The van der Waals surface area contributed by atoms with E-state index in [9.17, 15) is 0 Å². The lowest BCUT2D eigenvalue weighted by molar-refractivity contribution is 0.123. The zero-order chi connectivity index (χ0) is 13.5. The summed E-state index contributed by atoms with van der Waals surface area (Å²) in [5, 5.41) is 3.33. The molecule has 106 valence electrons. The lowest BCUT2D eigenvalue weighted by Crippen LogP contribution is -2.24. The van der Waals surface area contributed by atoms with Gasteiger partial charge < -0.3 is 10.1 Å². The summed E-state index contributed by atoms with van der Waals surface area (Å²) in [4.78, 5) is 8.74. The van der Waals surface area contributed by atoms with E-state index >= 15 is 0 Å². The van der Waals surface area contributed by atoms with Crippen molar-refractivity contribution in [3.63, 3.8) is 0 Å². The molecule has 1 aliphatic rings. The Balaban J connectivity index is 1.87. The van der Waals surface area contributed by atoms with Gasteiger partial charge in [0.15, 0.2) is 0 Å². The maximum absolute atomic E-state index is 5.97. The molecule has 4 heteroatoms. The van der Waals surface area contributed by atoms with Crippen LogP contribution in [0.5, 0.6) is 5.88 Å². The summed E-state index contributed by atoms with van der Waals surface area (Å²) in [5.74, 6) is 1.44. The van der Waals surface area contributed by atoms with Crippen molar-refractivity contribution in [2.45, 2.75) is 58.6 Å². The molecule has 0 aromatic carbocycles. The molecule has 1 heterocycles.